The van der Waals surface area contributed by atoms with Crippen molar-refractivity contribution in [2.75, 3.05) is 0 Å². The number of hydrogen-bond donors (Lipinski definition) is 1. The van der Waals surface area contributed by atoms with Crippen molar-refractivity contribution in [2.24, 2.45) is 7.05 Å². The molecule has 0 aliphatic heterocycles. The van der Waals surface area contributed by atoms with Crippen LogP contribution in [0, 0.1) is 13.8 Å². The number of fused-ring (bicyclic) bond motifs is 1. The first kappa shape index (κ1) is 17.5. The van der Waals surface area contributed by atoms with Crippen molar-refractivity contribution >= 4 is 5.91 Å². The zero-order valence-electron chi connectivity index (χ0n) is 16.1. The van der Waals surface area contributed by atoms with Gasteiger partial charge in [0.1, 0.15) is 0 Å². The lowest BCUT2D eigenvalue weighted by Crippen LogP contribution is -2.31. The predicted octanol–water partition coefficient (Wildman–Crippen LogP) is 3.09. The number of amides is 1. The lowest BCUT2D eigenvalue weighted by molar-refractivity contribution is 0.0931. The molecule has 0 saturated carbocycles. The number of hydrogen-bond acceptors (Lipinski definition) is 3. The summed E-state index contributed by atoms with van der Waals surface area (Å²) in [6, 6.07) is 10.2. The molecule has 2 aromatic heterocycles. The molecule has 1 N–H and O–H groups in total. The van der Waals surface area contributed by atoms with E-state index in [0.717, 1.165) is 36.2 Å². The molecule has 27 heavy (non-hydrogen) atoms. The van der Waals surface area contributed by atoms with Crippen LogP contribution in [0.3, 0.4) is 0 Å². The molecule has 0 saturated heterocycles. The third-order valence-electron chi connectivity index (χ3n) is 5.46. The van der Waals surface area contributed by atoms with Crippen LogP contribution in [0.25, 0.3) is 0 Å². The molecule has 1 aliphatic rings. The van der Waals surface area contributed by atoms with Gasteiger partial charge in [-0.1, -0.05) is 30.3 Å². The molecule has 1 aliphatic carbocycles. The summed E-state index contributed by atoms with van der Waals surface area (Å²) < 4.78 is 3.83. The topological polar surface area (TPSA) is 64.7 Å². The van der Waals surface area contributed by atoms with E-state index in [9.17, 15) is 4.79 Å². The van der Waals surface area contributed by atoms with E-state index in [1.165, 1.54) is 11.3 Å². The van der Waals surface area contributed by atoms with E-state index in [0.29, 0.717) is 12.1 Å². The highest BCUT2D eigenvalue weighted by atomic mass is 16.1. The maximum Gasteiger partial charge on any atom is 0.255 e. The molecule has 1 atom stereocenters. The first-order valence-corrected chi connectivity index (χ1v) is 9.44. The van der Waals surface area contributed by atoms with Crippen molar-refractivity contribution in [1.29, 1.82) is 0 Å². The largest absolute Gasteiger partial charge is 0.345 e. The molecule has 6 heteroatoms. The molecule has 4 rings (SSSR count). The van der Waals surface area contributed by atoms with Gasteiger partial charge >= 0.3 is 0 Å². The Morgan fingerprint density at radius 3 is 2.81 bits per heavy atom. The fourth-order valence-corrected chi connectivity index (χ4v) is 4.02. The van der Waals surface area contributed by atoms with Crippen molar-refractivity contribution in [2.45, 2.75) is 45.7 Å². The molecule has 6 nitrogen and oxygen atoms in total. The Balaban J connectivity index is 1.56. The van der Waals surface area contributed by atoms with Crippen LogP contribution >= 0.6 is 0 Å². The van der Waals surface area contributed by atoms with E-state index in [1.54, 1.807) is 0 Å². The number of carbonyl (C=O) groups is 1. The molecule has 0 spiro atoms. The highest BCUT2D eigenvalue weighted by molar-refractivity contribution is 5.96. The molecule has 0 unspecified atom stereocenters. The van der Waals surface area contributed by atoms with Gasteiger partial charge in [0.25, 0.3) is 5.91 Å². The van der Waals surface area contributed by atoms with E-state index < -0.39 is 0 Å². The van der Waals surface area contributed by atoms with Crippen LogP contribution in [-0.4, -0.2) is 25.5 Å². The van der Waals surface area contributed by atoms with Crippen LogP contribution in [-0.2, 0) is 20.0 Å². The fourth-order valence-electron chi connectivity index (χ4n) is 4.02. The number of rotatable bonds is 4. The summed E-state index contributed by atoms with van der Waals surface area (Å²) in [6.07, 6.45) is 4.91. The minimum Gasteiger partial charge on any atom is -0.345 e. The quantitative estimate of drug-likeness (QED) is 0.775. The van der Waals surface area contributed by atoms with Crippen LogP contribution in [0.4, 0.5) is 0 Å². The van der Waals surface area contributed by atoms with Crippen LogP contribution in [0.2, 0.25) is 0 Å². The first-order valence-electron chi connectivity index (χ1n) is 9.44. The third-order valence-corrected chi connectivity index (χ3v) is 5.46. The summed E-state index contributed by atoms with van der Waals surface area (Å²) in [5.41, 5.74) is 5.88. The third kappa shape index (κ3) is 3.27. The van der Waals surface area contributed by atoms with E-state index in [1.807, 2.05) is 54.7 Å². The SMILES string of the molecule is Cc1nn(Cc2ccccc2)c(C)c1C(=O)N[C@H]1CCCc2c1cnn2C. The second-order valence-corrected chi connectivity index (χ2v) is 7.28. The van der Waals surface area contributed by atoms with Gasteiger partial charge in [0, 0.05) is 24.0 Å². The van der Waals surface area contributed by atoms with Crippen LogP contribution in [0.15, 0.2) is 36.5 Å². The summed E-state index contributed by atoms with van der Waals surface area (Å²) in [7, 11) is 1.96. The summed E-state index contributed by atoms with van der Waals surface area (Å²) in [6.45, 7) is 4.53. The Labute approximate surface area is 159 Å². The second kappa shape index (κ2) is 7.02. The van der Waals surface area contributed by atoms with Gasteiger partial charge in [0.05, 0.1) is 30.0 Å². The Hall–Kier alpha value is -2.89. The van der Waals surface area contributed by atoms with Gasteiger partial charge in [-0.15, -0.1) is 0 Å². The zero-order chi connectivity index (χ0) is 19.0. The molecular formula is C21H25N5O. The zero-order valence-corrected chi connectivity index (χ0v) is 16.1. The predicted molar refractivity (Wildman–Crippen MR) is 104 cm³/mol. The molecule has 2 heterocycles. The lowest BCUT2D eigenvalue weighted by Gasteiger charge is -2.24. The minimum atomic E-state index is -0.0500. The number of aromatic nitrogens is 4. The van der Waals surface area contributed by atoms with Crippen molar-refractivity contribution < 1.29 is 4.79 Å². The molecule has 0 radical (unpaired) electrons. The Bertz CT molecular complexity index is 970. The number of benzene rings is 1. The number of aryl methyl sites for hydroxylation is 2. The molecule has 140 valence electrons. The summed E-state index contributed by atoms with van der Waals surface area (Å²) in [4.78, 5) is 13.0. The highest BCUT2D eigenvalue weighted by Gasteiger charge is 2.27. The van der Waals surface area contributed by atoms with Gasteiger partial charge in [0.15, 0.2) is 0 Å². The second-order valence-electron chi connectivity index (χ2n) is 7.28. The highest BCUT2D eigenvalue weighted by Crippen LogP contribution is 2.29. The molecule has 1 aromatic carbocycles. The average Bonchev–Trinajstić information content (AvgIpc) is 3.17. The standard InChI is InChI=1S/C21H25N5O/c1-14-20(15(2)26(24-14)13-16-8-5-4-6-9-16)21(27)23-18-10-7-11-19-17(18)12-22-25(19)3/h4-6,8-9,12,18H,7,10-11,13H2,1-3H3,(H,23,27)/t18-/m0/s1. The normalized spacial score (nSPS) is 16.2. The van der Waals surface area contributed by atoms with E-state index in [2.05, 4.69) is 27.6 Å². The smallest absolute Gasteiger partial charge is 0.255 e. The number of carbonyl (C=O) groups excluding carboxylic acids is 1. The molecule has 3 aromatic rings. The van der Waals surface area contributed by atoms with Crippen molar-refractivity contribution in [3.8, 4) is 0 Å². The van der Waals surface area contributed by atoms with Gasteiger partial charge < -0.3 is 5.32 Å². The Kier molecular flexibility index (Phi) is 4.56. The van der Waals surface area contributed by atoms with Crippen molar-refractivity contribution in [3.05, 3.63) is 70.3 Å². The number of nitrogens with one attached hydrogen (secondary N) is 1. The molecule has 0 bridgehead atoms. The Morgan fingerprint density at radius 1 is 1.26 bits per heavy atom. The van der Waals surface area contributed by atoms with Crippen molar-refractivity contribution in [1.82, 2.24) is 24.9 Å². The minimum absolute atomic E-state index is 0.0197. The van der Waals surface area contributed by atoms with Gasteiger partial charge in [-0.3, -0.25) is 14.2 Å². The van der Waals surface area contributed by atoms with E-state index in [4.69, 9.17) is 0 Å². The van der Waals surface area contributed by atoms with Gasteiger partial charge in [-0.05, 0) is 38.7 Å². The molecule has 0 fully saturated rings. The maximum atomic E-state index is 13.0. The van der Waals surface area contributed by atoms with E-state index in [-0.39, 0.29) is 11.9 Å². The summed E-state index contributed by atoms with van der Waals surface area (Å²) in [5, 5.41) is 12.2. The number of nitrogens with zero attached hydrogens (tertiary/aromatic N) is 4. The Morgan fingerprint density at radius 2 is 2.04 bits per heavy atom. The summed E-state index contributed by atoms with van der Waals surface area (Å²) >= 11 is 0. The van der Waals surface area contributed by atoms with Gasteiger partial charge in [-0.25, -0.2) is 0 Å². The van der Waals surface area contributed by atoms with E-state index >= 15 is 0 Å². The fraction of sp³-hybridized carbons (Fsp3) is 0.381. The monoisotopic (exact) mass is 363 g/mol. The van der Waals surface area contributed by atoms with Crippen LogP contribution in [0.5, 0.6) is 0 Å². The van der Waals surface area contributed by atoms with Crippen LogP contribution < -0.4 is 5.32 Å². The van der Waals surface area contributed by atoms with Crippen LogP contribution in [0.1, 0.15) is 57.5 Å². The van der Waals surface area contributed by atoms with Gasteiger partial charge in [0.2, 0.25) is 0 Å². The van der Waals surface area contributed by atoms with Crippen molar-refractivity contribution in [3.63, 3.8) is 0 Å². The summed E-state index contributed by atoms with van der Waals surface area (Å²) in [5.74, 6) is -0.0500. The lowest BCUT2D eigenvalue weighted by atomic mass is 9.92. The molecule has 1 amide bonds. The molecular weight excluding hydrogens is 338 g/mol. The van der Waals surface area contributed by atoms with Gasteiger partial charge in [-0.2, -0.15) is 10.2 Å². The first-order chi connectivity index (χ1) is 13.0. The average molecular weight is 363 g/mol. The maximum absolute atomic E-state index is 13.0.